The van der Waals surface area contributed by atoms with Gasteiger partial charge in [-0.2, -0.15) is 0 Å². The van der Waals surface area contributed by atoms with E-state index in [1.807, 2.05) is 13.8 Å². The molecule has 0 aliphatic carbocycles. The van der Waals surface area contributed by atoms with Crippen LogP contribution < -0.4 is 0 Å². The number of hydrogen-bond donors (Lipinski definition) is 1. The van der Waals surface area contributed by atoms with Gasteiger partial charge in [0.05, 0.1) is 10.6 Å². The van der Waals surface area contributed by atoms with Crippen LogP contribution in [0.5, 0.6) is 0 Å². The number of H-pyrrole nitrogens is 1. The molecule has 0 aliphatic rings. The topological polar surface area (TPSA) is 92.8 Å². The Morgan fingerprint density at radius 3 is 2.41 bits per heavy atom. The molecule has 0 unspecified atom stereocenters. The lowest BCUT2D eigenvalue weighted by molar-refractivity contribution is 0.102. The highest BCUT2D eigenvalue weighted by atomic mass is 32.2. The van der Waals surface area contributed by atoms with E-state index in [0.717, 1.165) is 12.1 Å². The zero-order chi connectivity index (χ0) is 16.3. The SMILES string of the molecule is CC(C)c1nc(SCC(=O)c2ccc(S(C)(=O)=O)cc2)n[nH]1. The van der Waals surface area contributed by atoms with Gasteiger partial charge in [0.15, 0.2) is 15.6 Å². The lowest BCUT2D eigenvalue weighted by atomic mass is 10.1. The van der Waals surface area contributed by atoms with E-state index in [1.54, 1.807) is 0 Å². The van der Waals surface area contributed by atoms with Gasteiger partial charge in [-0.3, -0.25) is 9.89 Å². The van der Waals surface area contributed by atoms with Crippen LogP contribution in [0, 0.1) is 0 Å². The van der Waals surface area contributed by atoms with Crippen molar-refractivity contribution in [2.75, 3.05) is 12.0 Å². The van der Waals surface area contributed by atoms with E-state index >= 15 is 0 Å². The van der Waals surface area contributed by atoms with Gasteiger partial charge in [0, 0.05) is 17.7 Å². The number of thioether (sulfide) groups is 1. The summed E-state index contributed by atoms with van der Waals surface area (Å²) in [5.41, 5.74) is 0.472. The number of hydrogen-bond acceptors (Lipinski definition) is 6. The van der Waals surface area contributed by atoms with Crippen LogP contribution in [0.3, 0.4) is 0 Å². The monoisotopic (exact) mass is 339 g/mol. The summed E-state index contributed by atoms with van der Waals surface area (Å²) in [5, 5.41) is 7.41. The molecule has 1 aromatic heterocycles. The van der Waals surface area contributed by atoms with Gasteiger partial charge in [0.25, 0.3) is 0 Å². The van der Waals surface area contributed by atoms with Crippen molar-refractivity contribution in [3.8, 4) is 0 Å². The van der Waals surface area contributed by atoms with Crippen LogP contribution in [0.4, 0.5) is 0 Å². The predicted molar refractivity (Wildman–Crippen MR) is 85.1 cm³/mol. The molecule has 0 atom stereocenters. The zero-order valence-corrected chi connectivity index (χ0v) is 14.2. The van der Waals surface area contributed by atoms with Crippen molar-refractivity contribution in [1.82, 2.24) is 15.2 Å². The van der Waals surface area contributed by atoms with E-state index in [-0.39, 0.29) is 22.3 Å². The summed E-state index contributed by atoms with van der Waals surface area (Å²) in [5.74, 6) is 1.14. The number of nitrogens with zero attached hydrogens (tertiary/aromatic N) is 2. The van der Waals surface area contributed by atoms with Crippen molar-refractivity contribution in [1.29, 1.82) is 0 Å². The first kappa shape index (κ1) is 16.7. The molecule has 0 bridgehead atoms. The molecule has 2 aromatic rings. The van der Waals surface area contributed by atoms with Gasteiger partial charge >= 0.3 is 0 Å². The highest BCUT2D eigenvalue weighted by Gasteiger charge is 2.12. The van der Waals surface area contributed by atoms with E-state index < -0.39 is 9.84 Å². The number of rotatable bonds is 6. The van der Waals surface area contributed by atoms with Gasteiger partial charge in [-0.05, 0) is 12.1 Å². The molecule has 1 N–H and O–H groups in total. The van der Waals surface area contributed by atoms with Crippen LogP contribution >= 0.6 is 11.8 Å². The molecular formula is C14H17N3O3S2. The van der Waals surface area contributed by atoms with Gasteiger partial charge in [-0.15, -0.1) is 5.10 Å². The third-order valence-corrected chi connectivity index (χ3v) is 4.94. The quantitative estimate of drug-likeness (QED) is 0.641. The Hall–Kier alpha value is -1.67. The fraction of sp³-hybridized carbons (Fsp3) is 0.357. The second-order valence-corrected chi connectivity index (χ2v) is 8.12. The molecule has 0 radical (unpaired) electrons. The number of benzene rings is 1. The van der Waals surface area contributed by atoms with Gasteiger partial charge < -0.3 is 0 Å². The molecule has 22 heavy (non-hydrogen) atoms. The van der Waals surface area contributed by atoms with Gasteiger partial charge in [-0.25, -0.2) is 13.4 Å². The van der Waals surface area contributed by atoms with E-state index in [9.17, 15) is 13.2 Å². The first-order chi connectivity index (χ1) is 10.3. The molecule has 0 spiro atoms. The smallest absolute Gasteiger partial charge is 0.208 e. The first-order valence-electron chi connectivity index (χ1n) is 6.66. The number of carbonyl (C=O) groups is 1. The minimum Gasteiger partial charge on any atom is -0.293 e. The van der Waals surface area contributed by atoms with E-state index in [2.05, 4.69) is 15.2 Å². The predicted octanol–water partition coefficient (Wildman–Crippen LogP) is 2.31. The maximum absolute atomic E-state index is 12.1. The van der Waals surface area contributed by atoms with Gasteiger partial charge in [0.2, 0.25) is 5.16 Å². The molecule has 6 nitrogen and oxygen atoms in total. The summed E-state index contributed by atoms with van der Waals surface area (Å²) in [6.45, 7) is 4.01. The molecule has 1 heterocycles. The Bertz CT molecular complexity index is 765. The lowest BCUT2D eigenvalue weighted by Gasteiger charge is -2.01. The minimum absolute atomic E-state index is 0.0963. The highest BCUT2D eigenvalue weighted by molar-refractivity contribution is 7.99. The number of aromatic nitrogens is 3. The number of sulfone groups is 1. The van der Waals surface area contributed by atoms with Crippen LogP contribution in [0.1, 0.15) is 35.9 Å². The van der Waals surface area contributed by atoms with Crippen LogP contribution in [0.25, 0.3) is 0 Å². The Morgan fingerprint density at radius 2 is 1.91 bits per heavy atom. The van der Waals surface area contributed by atoms with Gasteiger partial charge in [-0.1, -0.05) is 37.7 Å². The molecule has 118 valence electrons. The van der Waals surface area contributed by atoms with Crippen LogP contribution in [-0.2, 0) is 9.84 Å². The van der Waals surface area contributed by atoms with E-state index in [4.69, 9.17) is 0 Å². The standard InChI is InChI=1S/C14H17N3O3S2/c1-9(2)13-15-14(17-16-13)21-8-12(18)10-4-6-11(7-5-10)22(3,19)20/h4-7,9H,8H2,1-3H3,(H,15,16,17). The molecule has 1 aromatic carbocycles. The average molecular weight is 339 g/mol. The summed E-state index contributed by atoms with van der Waals surface area (Å²) >= 11 is 1.25. The van der Waals surface area contributed by atoms with Crippen molar-refractivity contribution < 1.29 is 13.2 Å². The number of nitrogens with one attached hydrogen (secondary N) is 1. The van der Waals surface area contributed by atoms with Crippen LogP contribution in [0.2, 0.25) is 0 Å². The number of ketones is 1. The Balaban J connectivity index is 2.00. The molecule has 0 saturated heterocycles. The molecule has 0 amide bonds. The normalized spacial score (nSPS) is 11.8. The summed E-state index contributed by atoms with van der Waals surface area (Å²) < 4.78 is 22.7. The Morgan fingerprint density at radius 1 is 1.27 bits per heavy atom. The third-order valence-electron chi connectivity index (χ3n) is 2.97. The summed E-state index contributed by atoms with van der Waals surface area (Å²) in [4.78, 5) is 16.6. The van der Waals surface area contributed by atoms with Crippen molar-refractivity contribution in [3.05, 3.63) is 35.7 Å². The molecule has 0 saturated carbocycles. The Kier molecular flexibility index (Phi) is 5.02. The minimum atomic E-state index is -3.25. The van der Waals surface area contributed by atoms with E-state index in [0.29, 0.717) is 10.7 Å². The van der Waals surface area contributed by atoms with Crippen LogP contribution in [0.15, 0.2) is 34.3 Å². The average Bonchev–Trinajstić information content (AvgIpc) is 2.93. The number of carbonyl (C=O) groups excluding carboxylic acids is 1. The molecule has 0 aliphatic heterocycles. The van der Waals surface area contributed by atoms with Crippen molar-refractivity contribution in [2.24, 2.45) is 0 Å². The number of aromatic amines is 1. The van der Waals surface area contributed by atoms with Crippen molar-refractivity contribution >= 4 is 27.4 Å². The lowest BCUT2D eigenvalue weighted by Crippen LogP contribution is -2.04. The summed E-state index contributed by atoms with van der Waals surface area (Å²) in [7, 11) is -3.25. The Labute approximate surface area is 133 Å². The van der Waals surface area contributed by atoms with Crippen LogP contribution in [-0.4, -0.2) is 41.4 Å². The highest BCUT2D eigenvalue weighted by Crippen LogP contribution is 2.18. The third kappa shape index (κ3) is 4.17. The maximum Gasteiger partial charge on any atom is 0.208 e. The molecule has 8 heteroatoms. The second kappa shape index (κ2) is 6.62. The fourth-order valence-corrected chi connectivity index (χ4v) is 3.01. The number of Topliss-reactive ketones (excluding diaryl/α,β-unsaturated/α-hetero) is 1. The second-order valence-electron chi connectivity index (χ2n) is 5.17. The zero-order valence-electron chi connectivity index (χ0n) is 12.5. The van der Waals surface area contributed by atoms with Gasteiger partial charge in [0.1, 0.15) is 5.82 Å². The van der Waals surface area contributed by atoms with Crippen molar-refractivity contribution in [2.45, 2.75) is 29.8 Å². The largest absolute Gasteiger partial charge is 0.293 e. The molecule has 2 rings (SSSR count). The first-order valence-corrected chi connectivity index (χ1v) is 9.53. The van der Waals surface area contributed by atoms with E-state index in [1.165, 1.54) is 36.0 Å². The molecular weight excluding hydrogens is 322 g/mol. The van der Waals surface area contributed by atoms with Crippen molar-refractivity contribution in [3.63, 3.8) is 0 Å². The molecule has 0 fully saturated rings. The summed E-state index contributed by atoms with van der Waals surface area (Å²) in [6, 6.07) is 5.93. The summed E-state index contributed by atoms with van der Waals surface area (Å²) in [6.07, 6.45) is 1.13. The fourth-order valence-electron chi connectivity index (χ4n) is 1.68. The maximum atomic E-state index is 12.1.